The Morgan fingerprint density at radius 3 is 2.46 bits per heavy atom. The van der Waals surface area contributed by atoms with Crippen molar-refractivity contribution in [3.8, 4) is 0 Å². The number of hydrogen-bond donors (Lipinski definition) is 1. The van der Waals surface area contributed by atoms with E-state index >= 15 is 0 Å². The molecule has 2 aromatic rings. The fourth-order valence-corrected chi connectivity index (χ4v) is 4.03. The van der Waals surface area contributed by atoms with Gasteiger partial charge in [-0.3, -0.25) is 4.79 Å². The van der Waals surface area contributed by atoms with Gasteiger partial charge in [-0.1, -0.05) is 28.1 Å². The zero-order valence-electron chi connectivity index (χ0n) is 15.8. The van der Waals surface area contributed by atoms with Crippen molar-refractivity contribution in [3.63, 3.8) is 0 Å². The summed E-state index contributed by atoms with van der Waals surface area (Å²) in [5.41, 5.74) is 1.05. The highest BCUT2D eigenvalue weighted by molar-refractivity contribution is 9.10. The smallest absolute Gasteiger partial charge is 0.244 e. The van der Waals surface area contributed by atoms with Crippen molar-refractivity contribution in [1.29, 1.82) is 0 Å². The Morgan fingerprint density at radius 1 is 1.21 bits per heavy atom. The third kappa shape index (κ3) is 5.73. The lowest BCUT2D eigenvalue weighted by molar-refractivity contribution is -0.116. The molecule has 0 spiro atoms. The van der Waals surface area contributed by atoms with Gasteiger partial charge in [0.1, 0.15) is 5.82 Å². The SMILES string of the molecule is CC(C)N(C)S(=O)(=O)c1ccc(CNC(=O)/C=C/c2cc(Br)ccc2F)cc1. The van der Waals surface area contributed by atoms with Crippen LogP contribution >= 0.6 is 15.9 Å². The lowest BCUT2D eigenvalue weighted by Crippen LogP contribution is -2.33. The number of carbonyl (C=O) groups is 1. The average Bonchev–Trinajstić information content (AvgIpc) is 2.66. The van der Waals surface area contributed by atoms with Crippen LogP contribution in [0.3, 0.4) is 0 Å². The molecule has 0 aromatic heterocycles. The third-order valence-corrected chi connectivity index (χ3v) is 6.71. The molecule has 0 saturated heterocycles. The highest BCUT2D eigenvalue weighted by atomic mass is 79.9. The van der Waals surface area contributed by atoms with Crippen molar-refractivity contribution in [2.24, 2.45) is 0 Å². The molecule has 0 aliphatic rings. The number of sulfonamides is 1. The first-order valence-electron chi connectivity index (χ1n) is 8.59. The van der Waals surface area contributed by atoms with E-state index in [1.807, 2.05) is 0 Å². The molecular weight excluding hydrogens is 447 g/mol. The Bertz CT molecular complexity index is 973. The van der Waals surface area contributed by atoms with Gasteiger partial charge in [-0.05, 0) is 55.8 Å². The predicted molar refractivity (Wildman–Crippen MR) is 112 cm³/mol. The van der Waals surface area contributed by atoms with Crippen LogP contribution in [0.2, 0.25) is 0 Å². The van der Waals surface area contributed by atoms with E-state index in [4.69, 9.17) is 0 Å². The van der Waals surface area contributed by atoms with Crippen LogP contribution in [0.15, 0.2) is 57.9 Å². The van der Waals surface area contributed by atoms with Gasteiger partial charge in [0.15, 0.2) is 0 Å². The van der Waals surface area contributed by atoms with Gasteiger partial charge in [-0.25, -0.2) is 12.8 Å². The Hall–Kier alpha value is -2.03. The molecule has 5 nitrogen and oxygen atoms in total. The highest BCUT2D eigenvalue weighted by Crippen LogP contribution is 2.18. The van der Waals surface area contributed by atoms with Gasteiger partial charge in [0.05, 0.1) is 4.90 Å². The van der Waals surface area contributed by atoms with Gasteiger partial charge in [0.2, 0.25) is 15.9 Å². The second-order valence-corrected chi connectivity index (χ2v) is 9.39. The largest absolute Gasteiger partial charge is 0.348 e. The Kier molecular flexibility index (Phi) is 7.51. The van der Waals surface area contributed by atoms with Crippen molar-refractivity contribution in [2.45, 2.75) is 31.3 Å². The van der Waals surface area contributed by atoms with Gasteiger partial charge in [-0.15, -0.1) is 0 Å². The number of rotatable bonds is 7. The Morgan fingerprint density at radius 2 is 1.86 bits per heavy atom. The number of hydrogen-bond acceptors (Lipinski definition) is 3. The van der Waals surface area contributed by atoms with Crippen molar-refractivity contribution < 1.29 is 17.6 Å². The average molecular weight is 469 g/mol. The molecule has 8 heteroatoms. The van der Waals surface area contributed by atoms with E-state index in [1.54, 1.807) is 38.1 Å². The van der Waals surface area contributed by atoms with E-state index in [0.717, 1.165) is 5.56 Å². The minimum absolute atomic E-state index is 0.147. The van der Waals surface area contributed by atoms with E-state index in [9.17, 15) is 17.6 Å². The van der Waals surface area contributed by atoms with Crippen LogP contribution in [0, 0.1) is 5.82 Å². The van der Waals surface area contributed by atoms with E-state index in [0.29, 0.717) is 10.0 Å². The molecule has 2 aromatic carbocycles. The molecule has 0 radical (unpaired) electrons. The van der Waals surface area contributed by atoms with Crippen LogP contribution in [-0.4, -0.2) is 31.7 Å². The first-order valence-corrected chi connectivity index (χ1v) is 10.8. The molecule has 0 atom stereocenters. The summed E-state index contributed by atoms with van der Waals surface area (Å²) < 4.78 is 40.5. The molecule has 0 unspecified atom stereocenters. The van der Waals surface area contributed by atoms with Crippen molar-refractivity contribution in [2.75, 3.05) is 7.05 Å². The first kappa shape index (κ1) is 22.3. The maximum atomic E-state index is 13.7. The molecule has 0 aliphatic heterocycles. The van der Waals surface area contributed by atoms with E-state index in [1.165, 1.54) is 41.7 Å². The molecule has 0 bridgehead atoms. The van der Waals surface area contributed by atoms with Crippen LogP contribution in [0.25, 0.3) is 6.08 Å². The minimum Gasteiger partial charge on any atom is -0.348 e. The standard InChI is InChI=1S/C20H22BrFN2O3S/c1-14(2)24(3)28(26,27)18-8-4-15(5-9-18)13-23-20(25)11-6-16-12-17(21)7-10-19(16)22/h4-12,14H,13H2,1-3H3,(H,23,25)/b11-6+. The fraction of sp³-hybridized carbons (Fsp3) is 0.250. The summed E-state index contributed by atoms with van der Waals surface area (Å²) in [5, 5.41) is 2.68. The fourth-order valence-electron chi connectivity index (χ4n) is 2.28. The quantitative estimate of drug-likeness (QED) is 0.625. The Labute approximate surface area is 173 Å². The molecule has 1 N–H and O–H groups in total. The van der Waals surface area contributed by atoms with Crippen LogP contribution in [0.1, 0.15) is 25.0 Å². The van der Waals surface area contributed by atoms with Crippen molar-refractivity contribution >= 4 is 37.9 Å². The molecule has 0 aliphatic carbocycles. The summed E-state index contributed by atoms with van der Waals surface area (Å²) in [6.45, 7) is 3.83. The van der Waals surface area contributed by atoms with Crippen LogP contribution in [0.4, 0.5) is 4.39 Å². The van der Waals surface area contributed by atoms with Gasteiger partial charge in [0, 0.05) is 35.7 Å². The maximum Gasteiger partial charge on any atom is 0.244 e. The highest BCUT2D eigenvalue weighted by Gasteiger charge is 2.22. The second-order valence-electron chi connectivity index (χ2n) is 6.48. The molecule has 28 heavy (non-hydrogen) atoms. The van der Waals surface area contributed by atoms with Gasteiger partial charge < -0.3 is 5.32 Å². The number of carbonyl (C=O) groups excluding carboxylic acids is 1. The maximum absolute atomic E-state index is 13.7. The zero-order chi connectivity index (χ0) is 20.9. The number of halogens is 2. The number of nitrogens with one attached hydrogen (secondary N) is 1. The summed E-state index contributed by atoms with van der Waals surface area (Å²) in [4.78, 5) is 12.1. The Balaban J connectivity index is 1.99. The zero-order valence-corrected chi connectivity index (χ0v) is 18.2. The number of benzene rings is 2. The summed E-state index contributed by atoms with van der Waals surface area (Å²) in [6, 6.07) is 10.7. The lowest BCUT2D eigenvalue weighted by Gasteiger charge is -2.21. The van der Waals surface area contributed by atoms with E-state index in [-0.39, 0.29) is 23.4 Å². The summed E-state index contributed by atoms with van der Waals surface area (Å²) in [6.07, 6.45) is 2.65. The molecule has 2 rings (SSSR count). The first-order chi connectivity index (χ1) is 13.1. The second kappa shape index (κ2) is 9.45. The molecule has 0 saturated carbocycles. The van der Waals surface area contributed by atoms with Crippen molar-refractivity contribution in [1.82, 2.24) is 9.62 Å². The molecule has 1 amide bonds. The summed E-state index contributed by atoms with van der Waals surface area (Å²) >= 11 is 3.25. The van der Waals surface area contributed by atoms with E-state index in [2.05, 4.69) is 21.2 Å². The lowest BCUT2D eigenvalue weighted by atomic mass is 10.2. The van der Waals surface area contributed by atoms with Crippen LogP contribution in [-0.2, 0) is 21.4 Å². The number of amides is 1. The topological polar surface area (TPSA) is 66.5 Å². The molecule has 150 valence electrons. The molecule has 0 heterocycles. The monoisotopic (exact) mass is 468 g/mol. The van der Waals surface area contributed by atoms with E-state index < -0.39 is 15.8 Å². The minimum atomic E-state index is -3.54. The van der Waals surface area contributed by atoms with Crippen molar-refractivity contribution in [3.05, 3.63) is 70.0 Å². The molecular formula is C20H22BrFN2O3S. The van der Waals surface area contributed by atoms with Gasteiger partial charge in [0.25, 0.3) is 0 Å². The summed E-state index contributed by atoms with van der Waals surface area (Å²) in [5.74, 6) is -0.800. The normalized spacial score (nSPS) is 12.1. The van der Waals surface area contributed by atoms with Gasteiger partial charge >= 0.3 is 0 Å². The van der Waals surface area contributed by atoms with Crippen LogP contribution in [0.5, 0.6) is 0 Å². The third-order valence-electron chi connectivity index (χ3n) is 4.17. The summed E-state index contributed by atoms with van der Waals surface area (Å²) in [7, 11) is -2.00. The van der Waals surface area contributed by atoms with Crippen LogP contribution < -0.4 is 5.32 Å². The number of nitrogens with zero attached hydrogens (tertiary/aromatic N) is 1. The predicted octanol–water partition coefficient (Wildman–Crippen LogP) is 3.95. The molecule has 0 fully saturated rings. The van der Waals surface area contributed by atoms with Gasteiger partial charge in [-0.2, -0.15) is 4.31 Å².